The van der Waals surface area contributed by atoms with Crippen molar-refractivity contribution in [2.24, 2.45) is 10.9 Å². The number of pyridine rings is 1. The second-order valence-electron chi connectivity index (χ2n) is 7.38. The van der Waals surface area contributed by atoms with Gasteiger partial charge in [0.1, 0.15) is 28.6 Å². The number of thiazole rings is 1. The number of carbonyl (C=O) groups is 3. The Kier molecular flexibility index (Phi) is 8.40. The molecule has 0 unspecified atom stereocenters. The van der Waals surface area contributed by atoms with Gasteiger partial charge < -0.3 is 27.1 Å². The van der Waals surface area contributed by atoms with Gasteiger partial charge in [-0.2, -0.15) is 11.8 Å². The highest BCUT2D eigenvalue weighted by Crippen LogP contribution is 2.45. The number of thioether (sulfide) groups is 3. The first-order chi connectivity index (χ1) is 17.3. The molecule has 0 bridgehead atoms. The lowest BCUT2D eigenvalue weighted by Crippen LogP contribution is -2.71. The number of carboxylic acids is 1. The summed E-state index contributed by atoms with van der Waals surface area (Å²) in [6, 6.07) is 3.49. The fourth-order valence-electron chi connectivity index (χ4n) is 3.44. The molecule has 1 saturated heterocycles. The predicted octanol–water partition coefficient (Wildman–Crippen LogP) is 0.979. The lowest BCUT2D eigenvalue weighted by Gasteiger charge is -2.49. The number of nitrogens with zero attached hydrogens (tertiary/aromatic N) is 4. The highest BCUT2D eigenvalue weighted by atomic mass is 32.2. The van der Waals surface area contributed by atoms with Crippen LogP contribution in [0.2, 0.25) is 0 Å². The standard InChI is InChI=1S/C20H21N7O5S4/c21-4-5-33-6-9-7-35-20(23-9)36-11-8-34-18-14(17(29)27(18)15(11)19(30)31)25-16(28)13(26-32)10-2-1-3-12(22)24-10/h1-3,7,14,18,32H,4-6,8,21H2,(H2,22,24)(H,25,28)(H,30,31)/b26-13+/t14-,18-/m1/s1. The summed E-state index contributed by atoms with van der Waals surface area (Å²) in [4.78, 5) is 47.9. The number of aliphatic carboxylic acids is 1. The van der Waals surface area contributed by atoms with Crippen LogP contribution in [-0.4, -0.2) is 78.1 Å². The molecule has 0 aliphatic carbocycles. The summed E-state index contributed by atoms with van der Waals surface area (Å²) in [5.41, 5.74) is 11.5. The Balaban J connectivity index is 1.47. The third-order valence-electron chi connectivity index (χ3n) is 5.00. The summed E-state index contributed by atoms with van der Waals surface area (Å²) in [5, 5.41) is 26.0. The summed E-state index contributed by atoms with van der Waals surface area (Å²) < 4.78 is 0.683. The normalized spacial score (nSPS) is 19.6. The number of oxime groups is 1. The van der Waals surface area contributed by atoms with Crippen LogP contribution in [0.15, 0.2) is 43.7 Å². The maximum atomic E-state index is 12.9. The van der Waals surface area contributed by atoms with Crippen molar-refractivity contribution >= 4 is 75.9 Å². The molecule has 2 aliphatic heterocycles. The zero-order valence-electron chi connectivity index (χ0n) is 18.5. The van der Waals surface area contributed by atoms with Crippen LogP contribution >= 0.6 is 46.6 Å². The van der Waals surface area contributed by atoms with Gasteiger partial charge in [-0.05, 0) is 12.1 Å². The van der Waals surface area contributed by atoms with E-state index in [1.165, 1.54) is 58.0 Å². The van der Waals surface area contributed by atoms with E-state index < -0.39 is 34.9 Å². The summed E-state index contributed by atoms with van der Waals surface area (Å²) in [6.45, 7) is 0.584. The monoisotopic (exact) mass is 567 g/mol. The van der Waals surface area contributed by atoms with Crippen molar-refractivity contribution in [2.75, 3.05) is 23.8 Å². The van der Waals surface area contributed by atoms with E-state index in [0.29, 0.717) is 27.3 Å². The van der Waals surface area contributed by atoms with E-state index in [1.54, 1.807) is 11.8 Å². The van der Waals surface area contributed by atoms with Gasteiger partial charge in [-0.1, -0.05) is 23.0 Å². The van der Waals surface area contributed by atoms with Crippen LogP contribution < -0.4 is 16.8 Å². The first-order valence-corrected chi connectivity index (χ1v) is 14.3. The molecule has 1 fully saturated rings. The lowest BCUT2D eigenvalue weighted by atomic mass is 10.0. The molecule has 2 aromatic heterocycles. The van der Waals surface area contributed by atoms with Gasteiger partial charge in [-0.3, -0.25) is 14.5 Å². The number of fused-ring (bicyclic) bond motifs is 1. The number of anilines is 1. The highest BCUT2D eigenvalue weighted by Gasteiger charge is 2.54. The van der Waals surface area contributed by atoms with Crippen molar-refractivity contribution in [1.82, 2.24) is 20.2 Å². The molecule has 0 radical (unpaired) electrons. The third kappa shape index (κ3) is 5.46. The SMILES string of the molecule is NCCSCc1csc(SC2=C(C(=O)O)N3C(=O)[C@@H](NC(=O)/C(=N/O)c4cccc(N)n4)[C@H]3SC2)n1. The number of amides is 2. The number of hydrogen-bond acceptors (Lipinski definition) is 13. The first-order valence-electron chi connectivity index (χ1n) is 10.4. The van der Waals surface area contributed by atoms with E-state index in [0.717, 1.165) is 11.4 Å². The van der Waals surface area contributed by atoms with Gasteiger partial charge >= 0.3 is 5.97 Å². The van der Waals surface area contributed by atoms with E-state index in [-0.39, 0.29) is 17.2 Å². The number of aromatic nitrogens is 2. The minimum atomic E-state index is -1.24. The topological polar surface area (TPSA) is 197 Å². The Bertz CT molecular complexity index is 1250. The Morgan fingerprint density at radius 2 is 2.14 bits per heavy atom. The van der Waals surface area contributed by atoms with Crippen LogP contribution in [0.3, 0.4) is 0 Å². The number of hydrogen-bond donors (Lipinski definition) is 5. The second kappa shape index (κ2) is 11.5. The van der Waals surface area contributed by atoms with Crippen molar-refractivity contribution in [3.63, 3.8) is 0 Å². The van der Waals surface area contributed by atoms with Crippen LogP contribution in [0.5, 0.6) is 0 Å². The fourth-order valence-corrected chi connectivity index (χ4v) is 7.69. The molecular formula is C20H21N7O5S4. The fraction of sp³-hybridized carbons (Fsp3) is 0.300. The smallest absolute Gasteiger partial charge is 0.353 e. The molecular weight excluding hydrogens is 547 g/mol. The number of nitrogen functional groups attached to an aromatic ring is 1. The molecule has 2 atom stereocenters. The van der Waals surface area contributed by atoms with E-state index in [1.807, 2.05) is 5.38 Å². The van der Waals surface area contributed by atoms with Gasteiger partial charge in [0.05, 0.1) is 5.69 Å². The number of carbonyl (C=O) groups excluding carboxylic acids is 2. The molecule has 0 saturated carbocycles. The molecule has 2 aromatic rings. The summed E-state index contributed by atoms with van der Waals surface area (Å²) in [7, 11) is 0. The maximum absolute atomic E-state index is 12.9. The first kappa shape index (κ1) is 26.3. The van der Waals surface area contributed by atoms with E-state index in [2.05, 4.69) is 20.4 Å². The summed E-state index contributed by atoms with van der Waals surface area (Å²) >= 11 is 5.62. The van der Waals surface area contributed by atoms with Crippen LogP contribution in [0.4, 0.5) is 5.82 Å². The Morgan fingerprint density at radius 1 is 1.33 bits per heavy atom. The molecule has 190 valence electrons. The molecule has 36 heavy (non-hydrogen) atoms. The number of β-lactam (4-membered cyclic amide) rings is 1. The molecule has 16 heteroatoms. The van der Waals surface area contributed by atoms with Crippen molar-refractivity contribution in [3.05, 3.63) is 45.6 Å². The number of rotatable bonds is 10. The molecule has 2 amide bonds. The zero-order valence-corrected chi connectivity index (χ0v) is 21.8. The molecule has 2 aliphatic rings. The van der Waals surface area contributed by atoms with Gasteiger partial charge in [0.15, 0.2) is 10.1 Å². The molecule has 7 N–H and O–H groups in total. The summed E-state index contributed by atoms with van der Waals surface area (Å²) in [6.07, 6.45) is 0. The molecule has 4 heterocycles. The van der Waals surface area contributed by atoms with E-state index in [4.69, 9.17) is 11.5 Å². The van der Waals surface area contributed by atoms with Crippen molar-refractivity contribution in [3.8, 4) is 0 Å². The predicted molar refractivity (Wildman–Crippen MR) is 140 cm³/mol. The molecule has 0 spiro atoms. The second-order valence-corrected chi connectivity index (χ2v) is 11.8. The van der Waals surface area contributed by atoms with Crippen LogP contribution in [0, 0.1) is 0 Å². The average molecular weight is 568 g/mol. The number of nitrogens with two attached hydrogens (primary N) is 2. The third-order valence-corrected chi connectivity index (χ3v) is 9.56. The van der Waals surface area contributed by atoms with Gasteiger partial charge in [-0.25, -0.2) is 14.8 Å². The van der Waals surface area contributed by atoms with Crippen molar-refractivity contribution < 1.29 is 24.7 Å². The van der Waals surface area contributed by atoms with Crippen molar-refractivity contribution in [2.45, 2.75) is 21.5 Å². The number of nitrogens with one attached hydrogen (secondary N) is 1. The minimum absolute atomic E-state index is 0.0315. The lowest BCUT2D eigenvalue weighted by molar-refractivity contribution is -0.150. The maximum Gasteiger partial charge on any atom is 0.353 e. The van der Waals surface area contributed by atoms with Crippen LogP contribution in [0.25, 0.3) is 0 Å². The van der Waals surface area contributed by atoms with Gasteiger partial charge in [0, 0.05) is 34.1 Å². The quantitative estimate of drug-likeness (QED) is 0.0898. The molecule has 12 nitrogen and oxygen atoms in total. The molecule has 4 rings (SSSR count). The minimum Gasteiger partial charge on any atom is -0.477 e. The van der Waals surface area contributed by atoms with Gasteiger partial charge in [0.2, 0.25) is 0 Å². The van der Waals surface area contributed by atoms with E-state index in [9.17, 15) is 24.7 Å². The summed E-state index contributed by atoms with van der Waals surface area (Å²) in [5.74, 6) is -0.669. The zero-order chi connectivity index (χ0) is 25.8. The Morgan fingerprint density at radius 3 is 2.83 bits per heavy atom. The Labute approximate surface area is 222 Å². The largest absolute Gasteiger partial charge is 0.477 e. The Hall–Kier alpha value is -2.79. The number of carboxylic acid groups (broad SMARTS) is 1. The van der Waals surface area contributed by atoms with E-state index >= 15 is 0 Å². The molecule has 0 aromatic carbocycles. The van der Waals surface area contributed by atoms with Crippen molar-refractivity contribution in [1.29, 1.82) is 0 Å². The van der Waals surface area contributed by atoms with Crippen LogP contribution in [-0.2, 0) is 20.1 Å². The van der Waals surface area contributed by atoms with Crippen LogP contribution in [0.1, 0.15) is 11.4 Å². The van der Waals surface area contributed by atoms with Gasteiger partial charge in [0.25, 0.3) is 11.8 Å². The average Bonchev–Trinajstić information content (AvgIpc) is 3.30. The highest BCUT2D eigenvalue weighted by molar-refractivity contribution is 8.07. The van der Waals surface area contributed by atoms with Gasteiger partial charge in [-0.15, -0.1) is 23.1 Å².